The highest BCUT2D eigenvalue weighted by atomic mass is 19.1. The summed E-state index contributed by atoms with van der Waals surface area (Å²) in [5.74, 6) is 0.379. The molecule has 0 radical (unpaired) electrons. The maximum absolute atomic E-state index is 13.6. The van der Waals surface area contributed by atoms with Crippen LogP contribution in [0.5, 0.6) is 5.75 Å². The van der Waals surface area contributed by atoms with Crippen LogP contribution >= 0.6 is 0 Å². The van der Waals surface area contributed by atoms with Gasteiger partial charge in [-0.05, 0) is 44.2 Å². The molecule has 0 aromatic heterocycles. The van der Waals surface area contributed by atoms with Gasteiger partial charge in [0.1, 0.15) is 11.6 Å². The van der Waals surface area contributed by atoms with Crippen LogP contribution in [0, 0.1) is 11.2 Å². The molecule has 0 aliphatic carbocycles. The molecule has 2 fully saturated rings. The van der Waals surface area contributed by atoms with Gasteiger partial charge in [-0.2, -0.15) is 0 Å². The standard InChI is InChI=1S/C26H32FN3O3/c1-26(11-13-29(14-12-26)24(31)19-7-6-8-20(27)17-19)25(32)30-16-15-28(2)22(18-30)21-9-4-5-10-23(21)33-3/h4-10,17,22H,11-16,18H2,1-3H3. The highest BCUT2D eigenvalue weighted by Gasteiger charge is 2.42. The van der Waals surface area contributed by atoms with Crippen molar-refractivity contribution < 1.29 is 18.7 Å². The van der Waals surface area contributed by atoms with Crippen LogP contribution in [0.3, 0.4) is 0 Å². The van der Waals surface area contributed by atoms with Gasteiger partial charge in [-0.1, -0.05) is 31.2 Å². The summed E-state index contributed by atoms with van der Waals surface area (Å²) in [4.78, 5) is 32.4. The monoisotopic (exact) mass is 453 g/mol. The first-order valence-corrected chi connectivity index (χ1v) is 11.5. The number of piperazine rings is 1. The van der Waals surface area contributed by atoms with Gasteiger partial charge in [-0.25, -0.2) is 4.39 Å². The van der Waals surface area contributed by atoms with Crippen molar-refractivity contribution in [3.05, 3.63) is 65.5 Å². The van der Waals surface area contributed by atoms with Gasteiger partial charge >= 0.3 is 0 Å². The van der Waals surface area contributed by atoms with Gasteiger partial charge in [-0.15, -0.1) is 0 Å². The Morgan fingerprint density at radius 1 is 1.00 bits per heavy atom. The Balaban J connectivity index is 1.43. The molecule has 0 saturated carbocycles. The first-order valence-electron chi connectivity index (χ1n) is 11.5. The SMILES string of the molecule is COc1ccccc1C1CN(C(=O)C2(C)CCN(C(=O)c3cccc(F)c3)CC2)CCN1C. The molecule has 2 saturated heterocycles. The molecule has 2 heterocycles. The number of nitrogens with zero attached hydrogens (tertiary/aromatic N) is 3. The van der Waals surface area contributed by atoms with E-state index in [1.54, 1.807) is 24.1 Å². The zero-order chi connectivity index (χ0) is 23.6. The van der Waals surface area contributed by atoms with Gasteiger partial charge in [0.15, 0.2) is 0 Å². The maximum Gasteiger partial charge on any atom is 0.253 e. The fraction of sp³-hybridized carbons (Fsp3) is 0.462. The molecule has 176 valence electrons. The Morgan fingerprint density at radius 2 is 1.73 bits per heavy atom. The molecule has 7 heteroatoms. The van der Waals surface area contributed by atoms with Gasteiger partial charge in [0.25, 0.3) is 5.91 Å². The normalized spacial score (nSPS) is 21.0. The number of rotatable bonds is 4. The molecule has 4 rings (SSSR count). The topological polar surface area (TPSA) is 53.1 Å². The molecule has 2 aliphatic rings. The lowest BCUT2D eigenvalue weighted by molar-refractivity contribution is -0.146. The predicted octanol–water partition coefficient (Wildman–Crippen LogP) is 3.59. The number of likely N-dealkylation sites (tertiary alicyclic amines) is 1. The van der Waals surface area contributed by atoms with Crippen LogP contribution in [0.2, 0.25) is 0 Å². The largest absolute Gasteiger partial charge is 0.496 e. The third-order valence-electron chi connectivity index (χ3n) is 7.18. The molecular formula is C26H32FN3O3. The molecule has 0 bridgehead atoms. The molecule has 6 nitrogen and oxygen atoms in total. The molecule has 2 aliphatic heterocycles. The summed E-state index contributed by atoms with van der Waals surface area (Å²) in [6.07, 6.45) is 1.19. The van der Waals surface area contributed by atoms with Crippen molar-refractivity contribution in [3.63, 3.8) is 0 Å². The minimum absolute atomic E-state index is 0.0668. The van der Waals surface area contributed by atoms with Crippen molar-refractivity contribution >= 4 is 11.8 Å². The van der Waals surface area contributed by atoms with Crippen LogP contribution in [0.4, 0.5) is 4.39 Å². The average molecular weight is 454 g/mol. The lowest BCUT2D eigenvalue weighted by Gasteiger charge is -2.45. The number of amides is 2. The molecule has 1 atom stereocenters. The molecule has 0 spiro atoms. The first-order chi connectivity index (χ1) is 15.8. The number of carbonyl (C=O) groups is 2. The highest BCUT2D eigenvalue weighted by Crippen LogP contribution is 2.37. The second-order valence-corrected chi connectivity index (χ2v) is 9.35. The minimum Gasteiger partial charge on any atom is -0.496 e. The van der Waals surface area contributed by atoms with E-state index in [2.05, 4.69) is 18.0 Å². The number of piperidine rings is 1. The molecule has 2 aromatic carbocycles. The summed E-state index contributed by atoms with van der Waals surface area (Å²) in [6, 6.07) is 13.8. The second-order valence-electron chi connectivity index (χ2n) is 9.35. The molecule has 2 amide bonds. The average Bonchev–Trinajstić information content (AvgIpc) is 2.84. The molecule has 2 aromatic rings. The Morgan fingerprint density at radius 3 is 2.42 bits per heavy atom. The van der Waals surface area contributed by atoms with Crippen LogP contribution in [0.1, 0.15) is 41.7 Å². The maximum atomic E-state index is 13.6. The van der Waals surface area contributed by atoms with E-state index in [1.807, 2.05) is 30.0 Å². The summed E-state index contributed by atoms with van der Waals surface area (Å²) in [5.41, 5.74) is 0.921. The van der Waals surface area contributed by atoms with Crippen molar-refractivity contribution in [3.8, 4) is 5.75 Å². The van der Waals surface area contributed by atoms with E-state index in [1.165, 1.54) is 12.1 Å². The van der Waals surface area contributed by atoms with Crippen LogP contribution in [0.15, 0.2) is 48.5 Å². The molecule has 33 heavy (non-hydrogen) atoms. The Bertz CT molecular complexity index is 1020. The number of methoxy groups -OCH3 is 1. The lowest BCUT2D eigenvalue weighted by atomic mass is 9.78. The summed E-state index contributed by atoms with van der Waals surface area (Å²) in [7, 11) is 3.75. The molecule has 1 unspecified atom stereocenters. The predicted molar refractivity (Wildman–Crippen MR) is 125 cm³/mol. The third kappa shape index (κ3) is 4.74. The minimum atomic E-state index is -0.514. The van der Waals surface area contributed by atoms with Gasteiger partial charge < -0.3 is 14.5 Å². The van der Waals surface area contributed by atoms with Crippen LogP contribution in [0.25, 0.3) is 0 Å². The van der Waals surface area contributed by atoms with Gasteiger partial charge in [0, 0.05) is 49.3 Å². The van der Waals surface area contributed by atoms with E-state index >= 15 is 0 Å². The smallest absolute Gasteiger partial charge is 0.253 e. The van der Waals surface area contributed by atoms with Crippen molar-refractivity contribution in [2.45, 2.75) is 25.8 Å². The van der Waals surface area contributed by atoms with Crippen molar-refractivity contribution in [2.75, 3.05) is 46.9 Å². The van der Waals surface area contributed by atoms with E-state index < -0.39 is 11.2 Å². The summed E-state index contributed by atoms with van der Waals surface area (Å²) in [5, 5.41) is 0. The number of halogens is 1. The summed E-state index contributed by atoms with van der Waals surface area (Å²) >= 11 is 0. The van der Waals surface area contributed by atoms with Crippen molar-refractivity contribution in [1.82, 2.24) is 14.7 Å². The Kier molecular flexibility index (Phi) is 6.70. The van der Waals surface area contributed by atoms with E-state index in [9.17, 15) is 14.0 Å². The number of hydrogen-bond donors (Lipinski definition) is 0. The van der Waals surface area contributed by atoms with E-state index in [4.69, 9.17) is 4.74 Å². The summed E-state index contributed by atoms with van der Waals surface area (Å²) < 4.78 is 19.1. The van der Waals surface area contributed by atoms with Gasteiger partial charge in [0.05, 0.1) is 13.2 Å². The molecule has 0 N–H and O–H groups in total. The van der Waals surface area contributed by atoms with Crippen LogP contribution in [-0.2, 0) is 4.79 Å². The number of likely N-dealkylation sites (N-methyl/N-ethyl adjacent to an activating group) is 1. The van der Waals surface area contributed by atoms with Crippen LogP contribution < -0.4 is 4.74 Å². The lowest BCUT2D eigenvalue weighted by Crippen LogP contribution is -2.55. The van der Waals surface area contributed by atoms with Crippen molar-refractivity contribution in [2.24, 2.45) is 5.41 Å². The number of hydrogen-bond acceptors (Lipinski definition) is 4. The fourth-order valence-corrected chi connectivity index (χ4v) is 4.94. The zero-order valence-electron chi connectivity index (χ0n) is 19.6. The number of para-hydroxylation sites is 1. The quantitative estimate of drug-likeness (QED) is 0.710. The Hall–Kier alpha value is -2.93. The number of carbonyl (C=O) groups excluding carboxylic acids is 2. The van der Waals surface area contributed by atoms with E-state index in [0.29, 0.717) is 44.6 Å². The van der Waals surface area contributed by atoms with E-state index in [0.717, 1.165) is 17.9 Å². The number of ether oxygens (including phenoxy) is 1. The third-order valence-corrected chi connectivity index (χ3v) is 7.18. The van der Waals surface area contributed by atoms with Crippen molar-refractivity contribution in [1.29, 1.82) is 0 Å². The van der Waals surface area contributed by atoms with Gasteiger partial charge in [0.2, 0.25) is 5.91 Å². The number of benzene rings is 2. The summed E-state index contributed by atoms with van der Waals surface area (Å²) in [6.45, 7) is 5.06. The van der Waals surface area contributed by atoms with Crippen LogP contribution in [-0.4, -0.2) is 73.4 Å². The zero-order valence-corrected chi connectivity index (χ0v) is 19.6. The second kappa shape index (κ2) is 9.51. The fourth-order valence-electron chi connectivity index (χ4n) is 4.94. The highest BCUT2D eigenvalue weighted by molar-refractivity contribution is 5.94. The Labute approximate surface area is 194 Å². The first kappa shape index (κ1) is 23.2. The van der Waals surface area contributed by atoms with Gasteiger partial charge in [-0.3, -0.25) is 14.5 Å². The van der Waals surface area contributed by atoms with E-state index in [-0.39, 0.29) is 17.9 Å². The molecular weight excluding hydrogens is 421 g/mol.